The molecule has 15 heavy (non-hydrogen) atoms. The quantitative estimate of drug-likeness (QED) is 0.819. The zero-order valence-electron chi connectivity index (χ0n) is 9.49. The predicted octanol–water partition coefficient (Wildman–Crippen LogP) is 2.82. The largest absolute Gasteiger partial charge is 0.377 e. The summed E-state index contributed by atoms with van der Waals surface area (Å²) in [6.07, 6.45) is 2.73. The summed E-state index contributed by atoms with van der Waals surface area (Å²) in [5.41, 5.74) is 2.66. The predicted molar refractivity (Wildman–Crippen MR) is 61.8 cm³/mol. The van der Waals surface area contributed by atoms with Crippen LogP contribution in [0.4, 0.5) is 0 Å². The second-order valence-corrected chi connectivity index (χ2v) is 4.20. The van der Waals surface area contributed by atoms with Crippen LogP contribution in [0.5, 0.6) is 0 Å². The number of hydrogen-bond acceptors (Lipinski definition) is 2. The number of nitrogens with one attached hydrogen (secondary N) is 1. The fourth-order valence-electron chi connectivity index (χ4n) is 2.13. The van der Waals surface area contributed by atoms with Crippen molar-refractivity contribution in [3.63, 3.8) is 0 Å². The molecule has 0 saturated carbocycles. The Morgan fingerprint density at radius 1 is 1.47 bits per heavy atom. The van der Waals surface area contributed by atoms with Crippen molar-refractivity contribution in [3.8, 4) is 0 Å². The first-order chi connectivity index (χ1) is 7.31. The SMILES string of the molecule is COC(C)c1cccc(C2CCCN2)c1. The number of hydrogen-bond donors (Lipinski definition) is 1. The van der Waals surface area contributed by atoms with E-state index in [2.05, 4.69) is 36.5 Å². The average Bonchev–Trinajstić information content (AvgIpc) is 2.82. The van der Waals surface area contributed by atoms with E-state index in [-0.39, 0.29) is 6.10 Å². The molecule has 1 aliphatic heterocycles. The lowest BCUT2D eigenvalue weighted by Crippen LogP contribution is -2.13. The standard InChI is InChI=1S/C13H19NO/c1-10(15-2)11-5-3-6-12(9-11)13-7-4-8-14-13/h3,5-6,9-10,13-14H,4,7-8H2,1-2H3. The van der Waals surface area contributed by atoms with Crippen LogP contribution in [0.25, 0.3) is 0 Å². The van der Waals surface area contributed by atoms with E-state index in [0.29, 0.717) is 6.04 Å². The lowest BCUT2D eigenvalue weighted by Gasteiger charge is -2.15. The minimum atomic E-state index is 0.186. The second-order valence-electron chi connectivity index (χ2n) is 4.20. The minimum Gasteiger partial charge on any atom is -0.377 e. The Hall–Kier alpha value is -0.860. The molecular weight excluding hydrogens is 186 g/mol. The van der Waals surface area contributed by atoms with Crippen LogP contribution in [0.1, 0.15) is 43.0 Å². The number of methoxy groups -OCH3 is 1. The van der Waals surface area contributed by atoms with Gasteiger partial charge in [-0.25, -0.2) is 0 Å². The second kappa shape index (κ2) is 4.77. The molecule has 1 heterocycles. The lowest BCUT2D eigenvalue weighted by molar-refractivity contribution is 0.119. The molecule has 1 N–H and O–H groups in total. The first kappa shape index (κ1) is 10.7. The van der Waals surface area contributed by atoms with Crippen molar-refractivity contribution in [2.75, 3.05) is 13.7 Å². The highest BCUT2D eigenvalue weighted by Crippen LogP contribution is 2.25. The molecule has 1 aromatic carbocycles. The van der Waals surface area contributed by atoms with Crippen LogP contribution in [0, 0.1) is 0 Å². The van der Waals surface area contributed by atoms with Gasteiger partial charge in [-0.05, 0) is 37.4 Å². The molecule has 0 aromatic heterocycles. The molecule has 0 radical (unpaired) electrons. The Balaban J connectivity index is 2.18. The third-order valence-corrected chi connectivity index (χ3v) is 3.20. The third-order valence-electron chi connectivity index (χ3n) is 3.20. The van der Waals surface area contributed by atoms with Crippen molar-refractivity contribution in [3.05, 3.63) is 35.4 Å². The van der Waals surface area contributed by atoms with Crippen LogP contribution in [0.3, 0.4) is 0 Å². The van der Waals surface area contributed by atoms with Crippen LogP contribution >= 0.6 is 0 Å². The van der Waals surface area contributed by atoms with Gasteiger partial charge in [0.2, 0.25) is 0 Å². The number of rotatable bonds is 3. The molecule has 2 heteroatoms. The van der Waals surface area contributed by atoms with Gasteiger partial charge in [-0.3, -0.25) is 0 Å². The Morgan fingerprint density at radius 3 is 3.00 bits per heavy atom. The van der Waals surface area contributed by atoms with Crippen LogP contribution in [-0.2, 0) is 4.74 Å². The smallest absolute Gasteiger partial charge is 0.0793 e. The van der Waals surface area contributed by atoms with Gasteiger partial charge >= 0.3 is 0 Å². The van der Waals surface area contributed by atoms with Crippen LogP contribution < -0.4 is 5.32 Å². The summed E-state index contributed by atoms with van der Waals surface area (Å²) < 4.78 is 5.33. The maximum atomic E-state index is 5.33. The summed E-state index contributed by atoms with van der Waals surface area (Å²) in [4.78, 5) is 0. The minimum absolute atomic E-state index is 0.186. The average molecular weight is 205 g/mol. The summed E-state index contributed by atoms with van der Waals surface area (Å²) in [6.45, 7) is 3.23. The van der Waals surface area contributed by atoms with E-state index in [1.807, 2.05) is 0 Å². The molecule has 82 valence electrons. The van der Waals surface area contributed by atoms with E-state index in [1.165, 1.54) is 24.0 Å². The van der Waals surface area contributed by atoms with E-state index >= 15 is 0 Å². The van der Waals surface area contributed by atoms with E-state index in [1.54, 1.807) is 7.11 Å². The van der Waals surface area contributed by atoms with Crippen molar-refractivity contribution in [2.45, 2.75) is 31.9 Å². The third kappa shape index (κ3) is 2.39. The van der Waals surface area contributed by atoms with Gasteiger partial charge in [-0.2, -0.15) is 0 Å². The first-order valence-corrected chi connectivity index (χ1v) is 5.67. The summed E-state index contributed by atoms with van der Waals surface area (Å²) >= 11 is 0. The highest BCUT2D eigenvalue weighted by molar-refractivity contribution is 5.27. The van der Waals surface area contributed by atoms with Crippen molar-refractivity contribution >= 4 is 0 Å². The van der Waals surface area contributed by atoms with Crippen molar-refractivity contribution < 1.29 is 4.74 Å². The van der Waals surface area contributed by atoms with E-state index in [4.69, 9.17) is 4.74 Å². The highest BCUT2D eigenvalue weighted by Gasteiger charge is 2.16. The van der Waals surface area contributed by atoms with Crippen LogP contribution in [0.15, 0.2) is 24.3 Å². The zero-order valence-corrected chi connectivity index (χ0v) is 9.49. The van der Waals surface area contributed by atoms with Crippen molar-refractivity contribution in [1.29, 1.82) is 0 Å². The zero-order chi connectivity index (χ0) is 10.7. The van der Waals surface area contributed by atoms with Crippen molar-refractivity contribution in [2.24, 2.45) is 0 Å². The van der Waals surface area contributed by atoms with Gasteiger partial charge in [0, 0.05) is 13.2 Å². The fourth-order valence-corrected chi connectivity index (χ4v) is 2.13. The maximum Gasteiger partial charge on any atom is 0.0793 e. The van der Waals surface area contributed by atoms with Gasteiger partial charge in [0.1, 0.15) is 0 Å². The summed E-state index contributed by atoms with van der Waals surface area (Å²) in [5, 5.41) is 3.52. The summed E-state index contributed by atoms with van der Waals surface area (Å²) in [6, 6.07) is 9.27. The normalized spacial score (nSPS) is 22.9. The molecule has 2 atom stereocenters. The lowest BCUT2D eigenvalue weighted by atomic mass is 10.0. The Morgan fingerprint density at radius 2 is 2.33 bits per heavy atom. The molecule has 2 rings (SSSR count). The van der Waals surface area contributed by atoms with Gasteiger partial charge in [0.05, 0.1) is 6.10 Å². The van der Waals surface area contributed by atoms with Crippen LogP contribution in [-0.4, -0.2) is 13.7 Å². The van der Waals surface area contributed by atoms with E-state index in [0.717, 1.165) is 6.54 Å². The van der Waals surface area contributed by atoms with Gasteiger partial charge in [0.25, 0.3) is 0 Å². The Labute approximate surface area is 91.6 Å². The van der Waals surface area contributed by atoms with E-state index < -0.39 is 0 Å². The molecular formula is C13H19NO. The van der Waals surface area contributed by atoms with Gasteiger partial charge < -0.3 is 10.1 Å². The Kier molecular flexibility index (Phi) is 3.39. The molecule has 1 aliphatic rings. The molecule has 0 aliphatic carbocycles. The molecule has 1 fully saturated rings. The van der Waals surface area contributed by atoms with E-state index in [9.17, 15) is 0 Å². The summed E-state index contributed by atoms with van der Waals surface area (Å²) in [5.74, 6) is 0. The maximum absolute atomic E-state index is 5.33. The topological polar surface area (TPSA) is 21.3 Å². The monoisotopic (exact) mass is 205 g/mol. The Bertz CT molecular complexity index is 318. The molecule has 2 unspecified atom stereocenters. The van der Waals surface area contributed by atoms with Gasteiger partial charge in [-0.1, -0.05) is 24.3 Å². The van der Waals surface area contributed by atoms with Gasteiger partial charge in [-0.15, -0.1) is 0 Å². The molecule has 0 spiro atoms. The molecule has 1 aromatic rings. The van der Waals surface area contributed by atoms with Crippen LogP contribution in [0.2, 0.25) is 0 Å². The molecule has 0 amide bonds. The van der Waals surface area contributed by atoms with Crippen molar-refractivity contribution in [1.82, 2.24) is 5.32 Å². The molecule has 0 bridgehead atoms. The number of ether oxygens (including phenoxy) is 1. The molecule has 2 nitrogen and oxygen atoms in total. The summed E-state index contributed by atoms with van der Waals surface area (Å²) in [7, 11) is 1.76. The highest BCUT2D eigenvalue weighted by atomic mass is 16.5. The van der Waals surface area contributed by atoms with Gasteiger partial charge in [0.15, 0.2) is 0 Å². The first-order valence-electron chi connectivity index (χ1n) is 5.67. The number of benzene rings is 1. The fraction of sp³-hybridized carbons (Fsp3) is 0.538. The molecule has 1 saturated heterocycles.